The lowest BCUT2D eigenvalue weighted by Crippen LogP contribution is -2.43. The number of carbonyl (C=O) groups is 5. The molecule has 9 heteroatoms. The van der Waals surface area contributed by atoms with Gasteiger partial charge in [0.15, 0.2) is 0 Å². The molecule has 0 saturated carbocycles. The smallest absolute Gasteiger partial charge is 0.326 e. The van der Waals surface area contributed by atoms with Crippen LogP contribution in [-0.2, 0) is 30.4 Å². The number of unbranched alkanes of at least 4 members (excludes halogenated alkanes) is 10. The molecule has 4 amide bonds. The second kappa shape index (κ2) is 20.8. The Kier molecular flexibility index (Phi) is 17.9. The van der Waals surface area contributed by atoms with Gasteiger partial charge in [0.05, 0.1) is 6.54 Å². The highest BCUT2D eigenvalue weighted by atomic mass is 16.4. The van der Waals surface area contributed by atoms with Crippen LogP contribution in [0.25, 0.3) is 0 Å². The van der Waals surface area contributed by atoms with Gasteiger partial charge in [0.1, 0.15) is 6.04 Å². The number of hydrogen-bond acceptors (Lipinski definition) is 5. The number of nitrogens with one attached hydrogen (secondary N) is 3. The maximum Gasteiger partial charge on any atom is 0.326 e. The first-order chi connectivity index (χ1) is 18.3. The predicted molar refractivity (Wildman–Crippen MR) is 146 cm³/mol. The molecule has 0 aliphatic heterocycles. The zero-order valence-electron chi connectivity index (χ0n) is 22.8. The third kappa shape index (κ3) is 17.3. The number of aliphatic carboxylic acids is 1. The van der Waals surface area contributed by atoms with Gasteiger partial charge in [-0.15, -0.1) is 0 Å². The summed E-state index contributed by atoms with van der Waals surface area (Å²) in [5, 5.41) is 16.4. The Bertz CT molecular complexity index is 859. The van der Waals surface area contributed by atoms with E-state index >= 15 is 0 Å². The molecule has 0 spiro atoms. The summed E-state index contributed by atoms with van der Waals surface area (Å²) in [6.07, 6.45) is 13.0. The summed E-state index contributed by atoms with van der Waals surface area (Å²) in [7, 11) is 0. The highest BCUT2D eigenvalue weighted by molar-refractivity contribution is 5.98. The summed E-state index contributed by atoms with van der Waals surface area (Å²) in [5.41, 5.74) is 0.758. The number of hydrogen-bond donors (Lipinski definition) is 4. The van der Waals surface area contributed by atoms with Crippen molar-refractivity contribution in [3.8, 4) is 0 Å². The van der Waals surface area contributed by atoms with E-state index in [0.29, 0.717) is 6.42 Å². The lowest BCUT2D eigenvalue weighted by Gasteiger charge is -2.14. The third-order valence-electron chi connectivity index (χ3n) is 6.23. The molecule has 0 bridgehead atoms. The molecule has 38 heavy (non-hydrogen) atoms. The zero-order chi connectivity index (χ0) is 28.0. The first-order valence-electron chi connectivity index (χ1n) is 14.0. The molecule has 0 fully saturated rings. The summed E-state index contributed by atoms with van der Waals surface area (Å²) in [5.74, 6) is -3.34. The van der Waals surface area contributed by atoms with Crippen molar-refractivity contribution in [2.75, 3.05) is 6.54 Å². The van der Waals surface area contributed by atoms with Crippen LogP contribution in [0.3, 0.4) is 0 Å². The molecule has 0 aliphatic carbocycles. The number of carbonyl (C=O) groups excluding carboxylic acids is 4. The van der Waals surface area contributed by atoms with Gasteiger partial charge in [-0.05, 0) is 12.0 Å². The van der Waals surface area contributed by atoms with Gasteiger partial charge in [-0.25, -0.2) is 4.79 Å². The standard InChI is InChI=1S/C29H45N3O6/c1-2-3-4-5-6-7-8-9-10-11-15-18-25(33)30-22-28(36)32-27(35)20-19-26(34)31-24(29(37)38)21-23-16-13-12-14-17-23/h12-14,16-17,24H,2-11,15,18-22H2,1H3,(H,30,33)(H,31,34)(H,37,38)(H,32,35,36)/t24-/m0/s1. The van der Waals surface area contributed by atoms with E-state index in [1.54, 1.807) is 24.3 Å². The van der Waals surface area contributed by atoms with Crippen LogP contribution in [0.2, 0.25) is 0 Å². The van der Waals surface area contributed by atoms with Gasteiger partial charge < -0.3 is 15.7 Å². The van der Waals surface area contributed by atoms with Gasteiger partial charge in [-0.2, -0.15) is 0 Å². The van der Waals surface area contributed by atoms with Gasteiger partial charge in [-0.1, -0.05) is 101 Å². The third-order valence-corrected chi connectivity index (χ3v) is 6.23. The number of imide groups is 1. The van der Waals surface area contributed by atoms with E-state index in [1.165, 1.54) is 51.4 Å². The predicted octanol–water partition coefficient (Wildman–Crippen LogP) is 4.04. The number of rotatable bonds is 21. The fourth-order valence-electron chi connectivity index (χ4n) is 4.02. The molecular weight excluding hydrogens is 486 g/mol. The average molecular weight is 532 g/mol. The fourth-order valence-corrected chi connectivity index (χ4v) is 4.02. The summed E-state index contributed by atoms with van der Waals surface area (Å²) in [4.78, 5) is 59.3. The van der Waals surface area contributed by atoms with Gasteiger partial charge in [0.25, 0.3) is 0 Å². The lowest BCUT2D eigenvalue weighted by molar-refractivity contribution is -0.141. The van der Waals surface area contributed by atoms with Gasteiger partial charge in [0.2, 0.25) is 23.6 Å². The van der Waals surface area contributed by atoms with E-state index in [9.17, 15) is 29.1 Å². The Hall–Kier alpha value is -3.23. The SMILES string of the molecule is CCCCCCCCCCCCCC(=O)NCC(=O)NC(=O)CCC(=O)N[C@@H](Cc1ccccc1)C(=O)O. The Morgan fingerprint density at radius 1 is 0.684 bits per heavy atom. The van der Waals surface area contributed by atoms with Gasteiger partial charge in [-0.3, -0.25) is 24.5 Å². The number of benzene rings is 1. The molecule has 212 valence electrons. The van der Waals surface area contributed by atoms with Gasteiger partial charge >= 0.3 is 5.97 Å². The summed E-state index contributed by atoms with van der Waals surface area (Å²) in [6, 6.07) is 7.76. The van der Waals surface area contributed by atoms with Gasteiger partial charge in [0, 0.05) is 25.7 Å². The molecule has 0 heterocycles. The lowest BCUT2D eigenvalue weighted by atomic mass is 10.1. The van der Waals surface area contributed by atoms with E-state index in [0.717, 1.165) is 24.8 Å². The molecule has 9 nitrogen and oxygen atoms in total. The number of amides is 4. The molecule has 0 unspecified atom stereocenters. The molecule has 1 aromatic rings. The Morgan fingerprint density at radius 2 is 1.24 bits per heavy atom. The minimum atomic E-state index is -1.18. The van der Waals surface area contributed by atoms with Crippen LogP contribution in [0, 0.1) is 0 Å². The molecule has 0 saturated heterocycles. The molecule has 1 atom stereocenters. The highest BCUT2D eigenvalue weighted by Crippen LogP contribution is 2.12. The normalized spacial score (nSPS) is 11.4. The molecule has 0 aliphatic rings. The van der Waals surface area contributed by atoms with E-state index in [4.69, 9.17) is 0 Å². The second-order valence-corrected chi connectivity index (χ2v) is 9.68. The number of carboxylic acids is 1. The fraction of sp³-hybridized carbons (Fsp3) is 0.621. The maximum atomic E-state index is 12.1. The van der Waals surface area contributed by atoms with Crippen LogP contribution < -0.4 is 16.0 Å². The van der Waals surface area contributed by atoms with Crippen LogP contribution in [0.1, 0.15) is 102 Å². The first-order valence-corrected chi connectivity index (χ1v) is 14.0. The Morgan fingerprint density at radius 3 is 1.82 bits per heavy atom. The molecular formula is C29H45N3O6. The topological polar surface area (TPSA) is 142 Å². The number of carboxylic acid groups (broad SMARTS) is 1. The second-order valence-electron chi connectivity index (χ2n) is 9.68. The van der Waals surface area contributed by atoms with E-state index in [1.807, 2.05) is 6.07 Å². The molecule has 1 rings (SSSR count). The highest BCUT2D eigenvalue weighted by Gasteiger charge is 2.21. The summed E-state index contributed by atoms with van der Waals surface area (Å²) < 4.78 is 0. The largest absolute Gasteiger partial charge is 0.480 e. The molecule has 0 radical (unpaired) electrons. The minimum Gasteiger partial charge on any atom is -0.480 e. The summed E-state index contributed by atoms with van der Waals surface area (Å²) >= 11 is 0. The van der Waals surface area contributed by atoms with Crippen molar-refractivity contribution in [3.63, 3.8) is 0 Å². The van der Waals surface area contributed by atoms with Crippen molar-refractivity contribution in [3.05, 3.63) is 35.9 Å². The molecule has 1 aromatic carbocycles. The van der Waals surface area contributed by atoms with Crippen LogP contribution in [0.5, 0.6) is 0 Å². The minimum absolute atomic E-state index is 0.117. The van der Waals surface area contributed by atoms with Crippen molar-refractivity contribution in [2.45, 2.75) is 109 Å². The average Bonchev–Trinajstić information content (AvgIpc) is 2.89. The van der Waals surface area contributed by atoms with Crippen molar-refractivity contribution in [2.24, 2.45) is 0 Å². The molecule has 4 N–H and O–H groups in total. The van der Waals surface area contributed by atoms with Crippen molar-refractivity contribution in [1.29, 1.82) is 0 Å². The maximum absolute atomic E-state index is 12.1. The van der Waals surface area contributed by atoms with Crippen LogP contribution in [0.15, 0.2) is 30.3 Å². The van der Waals surface area contributed by atoms with E-state index in [2.05, 4.69) is 22.9 Å². The van der Waals surface area contributed by atoms with Crippen LogP contribution >= 0.6 is 0 Å². The first kappa shape index (κ1) is 32.8. The van der Waals surface area contributed by atoms with Crippen molar-refractivity contribution >= 4 is 29.6 Å². The van der Waals surface area contributed by atoms with E-state index in [-0.39, 0.29) is 31.7 Å². The Balaban J connectivity index is 2.10. The van der Waals surface area contributed by atoms with Crippen molar-refractivity contribution < 1.29 is 29.1 Å². The zero-order valence-corrected chi connectivity index (χ0v) is 22.8. The summed E-state index contributed by atoms with van der Waals surface area (Å²) in [6.45, 7) is 1.91. The van der Waals surface area contributed by atoms with Crippen LogP contribution in [-0.4, -0.2) is 47.3 Å². The quantitative estimate of drug-likeness (QED) is 0.176. The Labute approximate surface area is 226 Å². The van der Waals surface area contributed by atoms with Crippen LogP contribution in [0.4, 0.5) is 0 Å². The monoisotopic (exact) mass is 531 g/mol. The van der Waals surface area contributed by atoms with E-state index < -0.39 is 29.7 Å². The van der Waals surface area contributed by atoms with Crippen molar-refractivity contribution in [1.82, 2.24) is 16.0 Å². The molecule has 0 aromatic heterocycles.